The Balaban J connectivity index is 1.35. The molecule has 5 aromatic rings. The van der Waals surface area contributed by atoms with Crippen LogP contribution in [0.1, 0.15) is 16.1 Å². The van der Waals surface area contributed by atoms with E-state index in [9.17, 15) is 4.79 Å². The Morgan fingerprint density at radius 3 is 2.61 bits per heavy atom. The third kappa shape index (κ3) is 3.93. The number of pyridine rings is 3. The maximum absolute atomic E-state index is 12.5. The lowest BCUT2D eigenvalue weighted by Crippen LogP contribution is -2.26. The second kappa shape index (κ2) is 8.23. The number of nitrogens with zero attached hydrogens (tertiary/aromatic N) is 5. The van der Waals surface area contributed by atoms with Crippen LogP contribution < -0.4 is 5.32 Å². The van der Waals surface area contributed by atoms with Crippen molar-refractivity contribution in [1.29, 1.82) is 0 Å². The van der Waals surface area contributed by atoms with Crippen molar-refractivity contribution < 1.29 is 4.79 Å². The maximum atomic E-state index is 12.5. The Bertz CT molecular complexity index is 1320. The fourth-order valence-electron chi connectivity index (χ4n) is 3.51. The highest BCUT2D eigenvalue weighted by atomic mass is 16.1. The summed E-state index contributed by atoms with van der Waals surface area (Å²) in [5.41, 5.74) is 4.65. The zero-order chi connectivity index (χ0) is 21.0. The molecule has 1 amide bonds. The predicted molar refractivity (Wildman–Crippen MR) is 118 cm³/mol. The van der Waals surface area contributed by atoms with Crippen LogP contribution in [0.15, 0.2) is 91.8 Å². The first-order valence-electron chi connectivity index (χ1n) is 10.0. The smallest absolute Gasteiger partial charge is 0.271 e. The zero-order valence-electron chi connectivity index (χ0n) is 16.7. The van der Waals surface area contributed by atoms with Gasteiger partial charge < -0.3 is 9.72 Å². The molecule has 7 heteroatoms. The summed E-state index contributed by atoms with van der Waals surface area (Å²) in [7, 11) is 0. The van der Waals surface area contributed by atoms with Gasteiger partial charge in [-0.2, -0.15) is 5.10 Å². The molecule has 0 aliphatic carbocycles. The molecule has 5 heterocycles. The van der Waals surface area contributed by atoms with Crippen LogP contribution in [-0.2, 0) is 6.42 Å². The van der Waals surface area contributed by atoms with Crippen LogP contribution in [-0.4, -0.2) is 36.6 Å². The molecule has 0 aromatic carbocycles. The lowest BCUT2D eigenvalue weighted by Gasteiger charge is -2.07. The number of carbonyl (C=O) groups is 1. The monoisotopic (exact) mass is 408 g/mol. The van der Waals surface area contributed by atoms with Crippen molar-refractivity contribution in [2.24, 2.45) is 0 Å². The lowest BCUT2D eigenvalue weighted by molar-refractivity contribution is 0.0948. The van der Waals surface area contributed by atoms with Gasteiger partial charge in [-0.25, -0.2) is 4.68 Å². The highest BCUT2D eigenvalue weighted by Gasteiger charge is 2.12. The van der Waals surface area contributed by atoms with Gasteiger partial charge in [0.2, 0.25) is 0 Å². The van der Waals surface area contributed by atoms with Gasteiger partial charge in [0.15, 0.2) is 5.69 Å². The number of hydrogen-bond donors (Lipinski definition) is 1. The minimum Gasteiger partial charge on any atom is -0.350 e. The van der Waals surface area contributed by atoms with Crippen LogP contribution in [0.2, 0.25) is 0 Å². The highest BCUT2D eigenvalue weighted by molar-refractivity contribution is 5.92. The van der Waals surface area contributed by atoms with Gasteiger partial charge in [-0.1, -0.05) is 12.1 Å². The number of rotatable bonds is 6. The van der Waals surface area contributed by atoms with E-state index in [0.29, 0.717) is 12.2 Å². The summed E-state index contributed by atoms with van der Waals surface area (Å²) in [6.07, 6.45) is 11.7. The topological polar surface area (TPSA) is 77.1 Å². The van der Waals surface area contributed by atoms with Gasteiger partial charge in [-0.05, 0) is 60.0 Å². The van der Waals surface area contributed by atoms with Crippen molar-refractivity contribution in [2.75, 3.05) is 6.54 Å². The number of carbonyl (C=O) groups excluding carboxylic acids is 1. The molecule has 5 aromatic heterocycles. The highest BCUT2D eigenvalue weighted by Crippen LogP contribution is 2.22. The van der Waals surface area contributed by atoms with Gasteiger partial charge in [0, 0.05) is 54.8 Å². The first-order chi connectivity index (χ1) is 15.3. The molecule has 0 unspecified atom stereocenters. The molecule has 0 bridgehead atoms. The maximum Gasteiger partial charge on any atom is 0.271 e. The Morgan fingerprint density at radius 1 is 0.903 bits per heavy atom. The molecule has 0 saturated carbocycles. The van der Waals surface area contributed by atoms with Gasteiger partial charge >= 0.3 is 0 Å². The van der Waals surface area contributed by atoms with Crippen LogP contribution in [0.4, 0.5) is 0 Å². The minimum atomic E-state index is -0.190. The number of amides is 1. The zero-order valence-corrected chi connectivity index (χ0v) is 16.7. The van der Waals surface area contributed by atoms with Crippen molar-refractivity contribution in [2.45, 2.75) is 6.42 Å². The van der Waals surface area contributed by atoms with E-state index in [-0.39, 0.29) is 5.91 Å². The number of nitrogens with one attached hydrogen (secondary N) is 1. The number of aromatic nitrogens is 5. The van der Waals surface area contributed by atoms with Crippen molar-refractivity contribution in [3.05, 3.63) is 103 Å². The van der Waals surface area contributed by atoms with E-state index in [4.69, 9.17) is 0 Å². The molecule has 0 aliphatic rings. The molecule has 0 fully saturated rings. The van der Waals surface area contributed by atoms with Crippen molar-refractivity contribution in [3.8, 4) is 16.9 Å². The molecule has 0 saturated heterocycles. The van der Waals surface area contributed by atoms with Gasteiger partial charge in [0.25, 0.3) is 5.91 Å². The van der Waals surface area contributed by atoms with Gasteiger partial charge in [0.05, 0.1) is 0 Å². The van der Waals surface area contributed by atoms with Crippen molar-refractivity contribution in [1.82, 2.24) is 29.5 Å². The van der Waals surface area contributed by atoms with Gasteiger partial charge in [-0.3, -0.25) is 14.8 Å². The Morgan fingerprint density at radius 2 is 1.77 bits per heavy atom. The molecule has 0 atom stereocenters. The molecule has 0 aliphatic heterocycles. The normalized spacial score (nSPS) is 11.0. The van der Waals surface area contributed by atoms with Crippen molar-refractivity contribution >= 4 is 11.4 Å². The number of fused-ring (bicyclic) bond motifs is 1. The fraction of sp³-hybridized carbons (Fsp3) is 0.0833. The average molecular weight is 408 g/mol. The largest absolute Gasteiger partial charge is 0.350 e. The summed E-state index contributed by atoms with van der Waals surface area (Å²) in [5, 5.41) is 7.42. The quantitative estimate of drug-likeness (QED) is 0.466. The Kier molecular flexibility index (Phi) is 4.98. The van der Waals surface area contributed by atoms with Crippen LogP contribution in [0.3, 0.4) is 0 Å². The van der Waals surface area contributed by atoms with E-state index in [1.54, 1.807) is 35.5 Å². The molecule has 0 spiro atoms. The third-order valence-electron chi connectivity index (χ3n) is 5.13. The third-order valence-corrected chi connectivity index (χ3v) is 5.13. The van der Waals surface area contributed by atoms with Crippen LogP contribution in [0.5, 0.6) is 0 Å². The Labute approximate surface area is 179 Å². The van der Waals surface area contributed by atoms with Crippen LogP contribution in [0, 0.1) is 0 Å². The predicted octanol–water partition coefficient (Wildman–Crippen LogP) is 3.55. The summed E-state index contributed by atoms with van der Waals surface area (Å²) in [6, 6.07) is 17.7. The summed E-state index contributed by atoms with van der Waals surface area (Å²) in [5.74, 6) is 0.668. The SMILES string of the molecule is O=C(NCCc1ccncc1)c1ccn(-c2ccc3ccc(-c4cccnc4)cn23)n1. The van der Waals surface area contributed by atoms with E-state index < -0.39 is 0 Å². The summed E-state index contributed by atoms with van der Waals surface area (Å²) < 4.78 is 3.78. The molecule has 31 heavy (non-hydrogen) atoms. The molecule has 0 radical (unpaired) electrons. The van der Waals surface area contributed by atoms with E-state index in [0.717, 1.165) is 34.4 Å². The summed E-state index contributed by atoms with van der Waals surface area (Å²) in [6.45, 7) is 0.540. The lowest BCUT2D eigenvalue weighted by atomic mass is 10.1. The first-order valence-corrected chi connectivity index (χ1v) is 10.0. The molecule has 7 nitrogen and oxygen atoms in total. The average Bonchev–Trinajstić information content (AvgIpc) is 3.47. The van der Waals surface area contributed by atoms with Crippen LogP contribution in [0.25, 0.3) is 22.5 Å². The summed E-state index contributed by atoms with van der Waals surface area (Å²) in [4.78, 5) is 20.7. The molecular formula is C24H20N6O. The second-order valence-electron chi connectivity index (χ2n) is 7.15. The molecular weight excluding hydrogens is 388 g/mol. The van der Waals surface area contributed by atoms with E-state index >= 15 is 0 Å². The van der Waals surface area contributed by atoms with E-state index in [2.05, 4.69) is 43.1 Å². The van der Waals surface area contributed by atoms with E-state index in [1.165, 1.54) is 0 Å². The van der Waals surface area contributed by atoms with Gasteiger partial charge in [-0.15, -0.1) is 0 Å². The standard InChI is InChI=1S/C24H20N6O/c31-24(27-14-9-18-7-12-25-13-8-18)22-10-15-30(28-22)23-6-5-21-4-3-20(17-29(21)23)19-2-1-11-26-16-19/h1-8,10-13,15-17H,9,14H2,(H,27,31). The van der Waals surface area contributed by atoms with Crippen LogP contribution >= 0.6 is 0 Å². The summed E-state index contributed by atoms with van der Waals surface area (Å²) >= 11 is 0. The molecule has 5 rings (SSSR count). The van der Waals surface area contributed by atoms with Gasteiger partial charge in [0.1, 0.15) is 5.82 Å². The second-order valence-corrected chi connectivity index (χ2v) is 7.15. The minimum absolute atomic E-state index is 0.190. The molecule has 1 N–H and O–H groups in total. The Hall–Kier alpha value is -4.26. The number of hydrogen-bond acceptors (Lipinski definition) is 4. The van der Waals surface area contributed by atoms with E-state index in [1.807, 2.05) is 42.6 Å². The first kappa shape index (κ1) is 18.7. The fourth-order valence-corrected chi connectivity index (χ4v) is 3.51. The van der Waals surface area contributed by atoms with Crippen molar-refractivity contribution in [3.63, 3.8) is 0 Å². The molecule has 152 valence electrons.